The van der Waals surface area contributed by atoms with Crippen molar-refractivity contribution in [1.29, 1.82) is 0 Å². The lowest BCUT2D eigenvalue weighted by molar-refractivity contribution is 0.276. The molecule has 0 radical (unpaired) electrons. The fourth-order valence-corrected chi connectivity index (χ4v) is 2.34. The summed E-state index contributed by atoms with van der Waals surface area (Å²) < 4.78 is 0. The maximum Gasteiger partial charge on any atom is 0.147 e. The van der Waals surface area contributed by atoms with E-state index in [2.05, 4.69) is 21.8 Å². The molecular formula is C12H19N3O. The van der Waals surface area contributed by atoms with Gasteiger partial charge in [-0.3, -0.25) is 4.98 Å². The van der Waals surface area contributed by atoms with Crippen molar-refractivity contribution in [2.24, 2.45) is 0 Å². The first-order valence-corrected chi connectivity index (χ1v) is 6.03. The third kappa shape index (κ3) is 2.32. The van der Waals surface area contributed by atoms with Crippen LogP contribution >= 0.6 is 0 Å². The van der Waals surface area contributed by atoms with E-state index in [-0.39, 0.29) is 6.61 Å². The SMILES string of the molecule is CCC1CCCCN1c1cncc(CO)n1. The fraction of sp³-hybridized carbons (Fsp3) is 0.667. The van der Waals surface area contributed by atoms with E-state index in [1.54, 1.807) is 12.4 Å². The number of anilines is 1. The predicted octanol–water partition coefficient (Wildman–Crippen LogP) is 1.74. The van der Waals surface area contributed by atoms with Gasteiger partial charge in [-0.2, -0.15) is 0 Å². The number of nitrogens with zero attached hydrogens (tertiary/aromatic N) is 3. The van der Waals surface area contributed by atoms with Crippen LogP contribution in [-0.4, -0.2) is 27.7 Å². The number of hydrogen-bond acceptors (Lipinski definition) is 4. The van der Waals surface area contributed by atoms with Crippen LogP contribution in [0, 0.1) is 0 Å². The van der Waals surface area contributed by atoms with E-state index < -0.39 is 0 Å². The minimum absolute atomic E-state index is 0.0362. The van der Waals surface area contributed by atoms with Crippen molar-refractivity contribution in [1.82, 2.24) is 9.97 Å². The molecule has 88 valence electrons. The molecule has 1 aliphatic heterocycles. The summed E-state index contributed by atoms with van der Waals surface area (Å²) in [7, 11) is 0. The van der Waals surface area contributed by atoms with Crippen molar-refractivity contribution < 1.29 is 5.11 Å². The molecule has 4 heteroatoms. The summed E-state index contributed by atoms with van der Waals surface area (Å²) in [5.41, 5.74) is 0.651. The van der Waals surface area contributed by atoms with Crippen molar-refractivity contribution in [3.63, 3.8) is 0 Å². The smallest absolute Gasteiger partial charge is 0.147 e. The Bertz CT molecular complexity index is 343. The van der Waals surface area contributed by atoms with E-state index in [0.717, 1.165) is 18.8 Å². The van der Waals surface area contributed by atoms with Gasteiger partial charge in [0.2, 0.25) is 0 Å². The van der Waals surface area contributed by atoms with Crippen LogP contribution in [0.1, 0.15) is 38.3 Å². The van der Waals surface area contributed by atoms with Crippen molar-refractivity contribution in [2.75, 3.05) is 11.4 Å². The van der Waals surface area contributed by atoms with E-state index in [4.69, 9.17) is 5.11 Å². The molecule has 16 heavy (non-hydrogen) atoms. The minimum atomic E-state index is -0.0362. The van der Waals surface area contributed by atoms with E-state index in [1.807, 2.05) is 0 Å². The maximum atomic E-state index is 9.06. The Morgan fingerprint density at radius 2 is 2.31 bits per heavy atom. The highest BCUT2D eigenvalue weighted by Crippen LogP contribution is 2.24. The molecule has 1 fully saturated rings. The van der Waals surface area contributed by atoms with Crippen molar-refractivity contribution >= 4 is 5.82 Å². The van der Waals surface area contributed by atoms with Crippen LogP contribution in [0.5, 0.6) is 0 Å². The first-order valence-electron chi connectivity index (χ1n) is 6.03. The van der Waals surface area contributed by atoms with Crippen LogP contribution in [-0.2, 0) is 6.61 Å². The second-order valence-electron chi connectivity index (χ2n) is 4.28. The molecule has 1 aliphatic rings. The van der Waals surface area contributed by atoms with Gasteiger partial charge in [0.25, 0.3) is 0 Å². The molecule has 2 rings (SSSR count). The molecule has 4 nitrogen and oxygen atoms in total. The highest BCUT2D eigenvalue weighted by Gasteiger charge is 2.22. The second-order valence-corrected chi connectivity index (χ2v) is 4.28. The molecule has 1 atom stereocenters. The summed E-state index contributed by atoms with van der Waals surface area (Å²) in [5.74, 6) is 0.915. The molecule has 0 aliphatic carbocycles. The largest absolute Gasteiger partial charge is 0.390 e. The topological polar surface area (TPSA) is 49.2 Å². The normalized spacial score (nSPS) is 21.1. The lowest BCUT2D eigenvalue weighted by Crippen LogP contribution is -2.39. The predicted molar refractivity (Wildman–Crippen MR) is 63.2 cm³/mol. The lowest BCUT2D eigenvalue weighted by Gasteiger charge is -2.36. The molecule has 1 aromatic rings. The average molecular weight is 221 g/mol. The second kappa shape index (κ2) is 5.25. The Balaban J connectivity index is 2.20. The van der Waals surface area contributed by atoms with Gasteiger partial charge in [0, 0.05) is 12.6 Å². The standard InChI is InChI=1S/C12H19N3O/c1-2-11-5-3-4-6-15(11)12-8-13-7-10(9-16)14-12/h7-8,11,16H,2-6,9H2,1H3. The molecule has 0 amide bonds. The molecule has 1 unspecified atom stereocenters. The van der Waals surface area contributed by atoms with Gasteiger partial charge in [-0.15, -0.1) is 0 Å². The summed E-state index contributed by atoms with van der Waals surface area (Å²) in [6.07, 6.45) is 8.33. The van der Waals surface area contributed by atoms with E-state index >= 15 is 0 Å². The van der Waals surface area contributed by atoms with Crippen molar-refractivity contribution in [3.8, 4) is 0 Å². The number of piperidine rings is 1. The van der Waals surface area contributed by atoms with Crippen molar-refractivity contribution in [3.05, 3.63) is 18.1 Å². The summed E-state index contributed by atoms with van der Waals surface area (Å²) in [4.78, 5) is 10.9. The summed E-state index contributed by atoms with van der Waals surface area (Å²) in [5, 5.41) is 9.06. The fourth-order valence-electron chi connectivity index (χ4n) is 2.34. The Hall–Kier alpha value is -1.16. The van der Waals surface area contributed by atoms with E-state index in [1.165, 1.54) is 19.3 Å². The Kier molecular flexibility index (Phi) is 3.72. The Morgan fingerprint density at radius 3 is 3.06 bits per heavy atom. The molecule has 2 heterocycles. The van der Waals surface area contributed by atoms with Crippen LogP contribution in [0.25, 0.3) is 0 Å². The van der Waals surface area contributed by atoms with Gasteiger partial charge in [-0.1, -0.05) is 6.92 Å². The van der Waals surface area contributed by atoms with Crippen LogP contribution in [0.2, 0.25) is 0 Å². The number of rotatable bonds is 3. The number of aromatic nitrogens is 2. The van der Waals surface area contributed by atoms with Gasteiger partial charge in [-0.25, -0.2) is 4.98 Å². The zero-order valence-electron chi connectivity index (χ0n) is 9.76. The first kappa shape index (κ1) is 11.3. The minimum Gasteiger partial charge on any atom is -0.390 e. The molecule has 0 spiro atoms. The van der Waals surface area contributed by atoms with Gasteiger partial charge in [0.05, 0.1) is 24.7 Å². The average Bonchev–Trinajstić information content (AvgIpc) is 2.38. The third-order valence-electron chi connectivity index (χ3n) is 3.23. The van der Waals surface area contributed by atoms with Gasteiger partial charge in [-0.05, 0) is 25.7 Å². The highest BCUT2D eigenvalue weighted by molar-refractivity contribution is 5.38. The van der Waals surface area contributed by atoms with Gasteiger partial charge in [0.15, 0.2) is 0 Å². The van der Waals surface area contributed by atoms with Gasteiger partial charge >= 0.3 is 0 Å². The van der Waals surface area contributed by atoms with Crippen LogP contribution < -0.4 is 4.90 Å². The zero-order valence-corrected chi connectivity index (χ0v) is 9.76. The Labute approximate surface area is 96.3 Å². The monoisotopic (exact) mass is 221 g/mol. The number of aliphatic hydroxyl groups is 1. The third-order valence-corrected chi connectivity index (χ3v) is 3.23. The van der Waals surface area contributed by atoms with Crippen LogP contribution in [0.15, 0.2) is 12.4 Å². The van der Waals surface area contributed by atoms with Crippen LogP contribution in [0.4, 0.5) is 5.82 Å². The summed E-state index contributed by atoms with van der Waals surface area (Å²) in [6.45, 7) is 3.24. The zero-order chi connectivity index (χ0) is 11.4. The quantitative estimate of drug-likeness (QED) is 0.844. The molecule has 0 aromatic carbocycles. The number of aliphatic hydroxyl groups excluding tert-OH is 1. The highest BCUT2D eigenvalue weighted by atomic mass is 16.3. The molecule has 1 saturated heterocycles. The van der Waals surface area contributed by atoms with E-state index in [0.29, 0.717) is 11.7 Å². The maximum absolute atomic E-state index is 9.06. The molecular weight excluding hydrogens is 202 g/mol. The first-order chi connectivity index (χ1) is 7.85. The molecule has 1 N–H and O–H groups in total. The Morgan fingerprint density at radius 1 is 1.44 bits per heavy atom. The van der Waals surface area contributed by atoms with Gasteiger partial charge in [0.1, 0.15) is 5.82 Å². The summed E-state index contributed by atoms with van der Waals surface area (Å²) >= 11 is 0. The van der Waals surface area contributed by atoms with Crippen LogP contribution in [0.3, 0.4) is 0 Å². The molecule has 0 saturated carbocycles. The van der Waals surface area contributed by atoms with Gasteiger partial charge < -0.3 is 10.0 Å². The molecule has 0 bridgehead atoms. The molecule has 1 aromatic heterocycles. The number of hydrogen-bond donors (Lipinski definition) is 1. The summed E-state index contributed by atoms with van der Waals surface area (Å²) in [6, 6.07) is 0.581. The van der Waals surface area contributed by atoms with E-state index in [9.17, 15) is 0 Å². The van der Waals surface area contributed by atoms with Crippen molar-refractivity contribution in [2.45, 2.75) is 45.3 Å². The lowest BCUT2D eigenvalue weighted by atomic mass is 10.0.